The van der Waals surface area contributed by atoms with Gasteiger partial charge in [0.25, 0.3) is 0 Å². The first-order chi connectivity index (χ1) is 9.90. The Kier molecular flexibility index (Phi) is 4.50. The van der Waals surface area contributed by atoms with E-state index in [0.29, 0.717) is 13.0 Å². The van der Waals surface area contributed by atoms with Crippen LogP contribution in [0.3, 0.4) is 0 Å². The van der Waals surface area contributed by atoms with Crippen LogP contribution in [0.25, 0.3) is 0 Å². The van der Waals surface area contributed by atoms with Crippen molar-refractivity contribution >= 4 is 12.1 Å². The standard InChI is InChI=1S/C16H21NO4/c1-16(2)8-9-17(10-13(16)14(18)19)15(20)21-11-12-6-4-3-5-7-12/h3-7,13H,8-11H2,1-2H3,(H,18,19). The summed E-state index contributed by atoms with van der Waals surface area (Å²) in [5.74, 6) is -1.42. The van der Waals surface area contributed by atoms with Crippen molar-refractivity contribution < 1.29 is 19.4 Å². The van der Waals surface area contributed by atoms with Gasteiger partial charge in [0.1, 0.15) is 6.61 Å². The molecule has 1 aromatic carbocycles. The molecule has 0 bridgehead atoms. The normalized spacial score (nSPS) is 20.9. The van der Waals surface area contributed by atoms with Gasteiger partial charge in [-0.2, -0.15) is 0 Å². The Bertz CT molecular complexity index is 512. The molecule has 1 unspecified atom stereocenters. The van der Waals surface area contributed by atoms with Gasteiger partial charge in [-0.05, 0) is 17.4 Å². The lowest BCUT2D eigenvalue weighted by Crippen LogP contribution is -2.50. The summed E-state index contributed by atoms with van der Waals surface area (Å²) in [6.45, 7) is 4.80. The molecule has 1 aliphatic rings. The van der Waals surface area contributed by atoms with E-state index in [0.717, 1.165) is 5.56 Å². The first-order valence-electron chi connectivity index (χ1n) is 7.08. The van der Waals surface area contributed by atoms with E-state index in [1.54, 1.807) is 0 Å². The van der Waals surface area contributed by atoms with E-state index in [4.69, 9.17) is 4.74 Å². The third kappa shape index (κ3) is 3.74. The highest BCUT2D eigenvalue weighted by Gasteiger charge is 2.41. The Hall–Kier alpha value is -2.04. The number of carbonyl (C=O) groups excluding carboxylic acids is 1. The highest BCUT2D eigenvalue weighted by atomic mass is 16.6. The summed E-state index contributed by atoms with van der Waals surface area (Å²) < 4.78 is 5.26. The van der Waals surface area contributed by atoms with Crippen molar-refractivity contribution in [2.45, 2.75) is 26.9 Å². The SMILES string of the molecule is CC1(C)CCN(C(=O)OCc2ccccc2)CC1C(=O)O. The zero-order chi connectivity index (χ0) is 15.5. The Balaban J connectivity index is 1.93. The molecule has 1 atom stereocenters. The number of benzene rings is 1. The van der Waals surface area contributed by atoms with E-state index >= 15 is 0 Å². The van der Waals surface area contributed by atoms with E-state index in [9.17, 15) is 14.7 Å². The molecular formula is C16H21NO4. The van der Waals surface area contributed by atoms with Crippen LogP contribution in [0.2, 0.25) is 0 Å². The second-order valence-corrected chi connectivity index (χ2v) is 6.12. The molecule has 114 valence electrons. The Morgan fingerprint density at radius 3 is 2.62 bits per heavy atom. The van der Waals surface area contributed by atoms with Crippen molar-refractivity contribution in [1.82, 2.24) is 4.90 Å². The van der Waals surface area contributed by atoms with Crippen LogP contribution < -0.4 is 0 Å². The second kappa shape index (κ2) is 6.16. The van der Waals surface area contributed by atoms with Gasteiger partial charge in [-0.1, -0.05) is 44.2 Å². The van der Waals surface area contributed by atoms with Gasteiger partial charge >= 0.3 is 12.1 Å². The molecule has 0 aliphatic carbocycles. The van der Waals surface area contributed by atoms with E-state index < -0.39 is 18.0 Å². The number of piperidine rings is 1. The fourth-order valence-corrected chi connectivity index (χ4v) is 2.54. The number of nitrogens with zero attached hydrogens (tertiary/aromatic N) is 1. The average Bonchev–Trinajstić information content (AvgIpc) is 2.45. The third-order valence-corrected chi connectivity index (χ3v) is 4.13. The summed E-state index contributed by atoms with van der Waals surface area (Å²) in [5.41, 5.74) is 0.611. The fourth-order valence-electron chi connectivity index (χ4n) is 2.54. The molecule has 5 nitrogen and oxygen atoms in total. The largest absolute Gasteiger partial charge is 0.481 e. The molecule has 1 aromatic rings. The molecule has 21 heavy (non-hydrogen) atoms. The van der Waals surface area contributed by atoms with Crippen molar-refractivity contribution in [2.24, 2.45) is 11.3 Å². The predicted octanol–water partition coefficient (Wildman–Crippen LogP) is 2.76. The van der Waals surface area contributed by atoms with E-state index in [2.05, 4.69) is 0 Å². The van der Waals surface area contributed by atoms with Crippen molar-refractivity contribution in [1.29, 1.82) is 0 Å². The van der Waals surface area contributed by atoms with Crippen molar-refractivity contribution in [2.75, 3.05) is 13.1 Å². The average molecular weight is 291 g/mol. The van der Waals surface area contributed by atoms with E-state index in [1.165, 1.54) is 4.90 Å². The summed E-state index contributed by atoms with van der Waals surface area (Å²) in [6.07, 6.45) is 0.213. The van der Waals surface area contributed by atoms with Crippen LogP contribution in [0.15, 0.2) is 30.3 Å². The number of likely N-dealkylation sites (tertiary alicyclic amines) is 1. The summed E-state index contributed by atoms with van der Waals surface area (Å²) in [7, 11) is 0. The summed E-state index contributed by atoms with van der Waals surface area (Å²) in [6, 6.07) is 9.43. The molecule has 0 saturated carbocycles. The summed E-state index contributed by atoms with van der Waals surface area (Å²) in [4.78, 5) is 24.9. The molecule has 1 saturated heterocycles. The van der Waals surface area contributed by atoms with Gasteiger partial charge in [-0.25, -0.2) is 4.79 Å². The number of carboxylic acids is 1. The van der Waals surface area contributed by atoms with Gasteiger partial charge in [0.15, 0.2) is 0 Å². The van der Waals surface area contributed by atoms with Crippen molar-refractivity contribution in [3.05, 3.63) is 35.9 Å². The van der Waals surface area contributed by atoms with Crippen LogP contribution in [-0.4, -0.2) is 35.2 Å². The van der Waals surface area contributed by atoms with Gasteiger partial charge in [-0.15, -0.1) is 0 Å². The first kappa shape index (κ1) is 15.4. The highest BCUT2D eigenvalue weighted by Crippen LogP contribution is 2.35. The number of ether oxygens (including phenoxy) is 1. The maximum Gasteiger partial charge on any atom is 0.410 e. The summed E-state index contributed by atoms with van der Waals surface area (Å²) in [5, 5.41) is 9.30. The highest BCUT2D eigenvalue weighted by molar-refractivity contribution is 5.74. The molecule has 2 rings (SSSR count). The second-order valence-electron chi connectivity index (χ2n) is 6.12. The van der Waals surface area contributed by atoms with Gasteiger partial charge in [0.2, 0.25) is 0 Å². The van der Waals surface area contributed by atoms with Gasteiger partial charge < -0.3 is 14.7 Å². The van der Waals surface area contributed by atoms with E-state index in [1.807, 2.05) is 44.2 Å². The molecule has 0 radical (unpaired) electrons. The van der Waals surface area contributed by atoms with Gasteiger partial charge in [-0.3, -0.25) is 4.79 Å². The van der Waals surface area contributed by atoms with Crippen LogP contribution in [0.5, 0.6) is 0 Å². The Morgan fingerprint density at radius 2 is 2.00 bits per heavy atom. The smallest absolute Gasteiger partial charge is 0.410 e. The zero-order valence-corrected chi connectivity index (χ0v) is 12.4. The molecule has 1 N–H and O–H groups in total. The van der Waals surface area contributed by atoms with Crippen LogP contribution in [-0.2, 0) is 16.1 Å². The lowest BCUT2D eigenvalue weighted by molar-refractivity contribution is -0.148. The first-order valence-corrected chi connectivity index (χ1v) is 7.08. The molecular weight excluding hydrogens is 270 g/mol. The lowest BCUT2D eigenvalue weighted by Gasteiger charge is -2.41. The predicted molar refractivity (Wildman–Crippen MR) is 77.7 cm³/mol. The number of carboxylic acid groups (broad SMARTS) is 1. The molecule has 1 heterocycles. The van der Waals surface area contributed by atoms with Crippen LogP contribution in [0.4, 0.5) is 4.79 Å². The number of hydrogen-bond acceptors (Lipinski definition) is 3. The number of hydrogen-bond donors (Lipinski definition) is 1. The minimum Gasteiger partial charge on any atom is -0.481 e. The number of amides is 1. The van der Waals surface area contributed by atoms with Crippen molar-refractivity contribution in [3.8, 4) is 0 Å². The molecule has 5 heteroatoms. The fraction of sp³-hybridized carbons (Fsp3) is 0.500. The number of aliphatic carboxylic acids is 1. The number of rotatable bonds is 3. The molecule has 1 aliphatic heterocycles. The van der Waals surface area contributed by atoms with Crippen LogP contribution in [0, 0.1) is 11.3 Å². The molecule has 1 fully saturated rings. The quantitative estimate of drug-likeness (QED) is 0.930. The van der Waals surface area contributed by atoms with E-state index in [-0.39, 0.29) is 18.6 Å². The van der Waals surface area contributed by atoms with Crippen LogP contribution in [0.1, 0.15) is 25.8 Å². The molecule has 0 spiro atoms. The lowest BCUT2D eigenvalue weighted by atomic mass is 9.73. The number of carbonyl (C=O) groups is 2. The topological polar surface area (TPSA) is 66.8 Å². The zero-order valence-electron chi connectivity index (χ0n) is 12.4. The minimum atomic E-state index is -0.861. The minimum absolute atomic E-state index is 0.204. The summed E-state index contributed by atoms with van der Waals surface area (Å²) >= 11 is 0. The van der Waals surface area contributed by atoms with Crippen LogP contribution >= 0.6 is 0 Å². The van der Waals surface area contributed by atoms with Crippen molar-refractivity contribution in [3.63, 3.8) is 0 Å². The monoisotopic (exact) mass is 291 g/mol. The maximum atomic E-state index is 12.1. The Labute approximate surface area is 124 Å². The Morgan fingerprint density at radius 1 is 1.33 bits per heavy atom. The third-order valence-electron chi connectivity index (χ3n) is 4.13. The molecule has 0 aromatic heterocycles. The van der Waals surface area contributed by atoms with Gasteiger partial charge in [0.05, 0.1) is 5.92 Å². The molecule has 1 amide bonds. The van der Waals surface area contributed by atoms with Gasteiger partial charge in [0, 0.05) is 13.1 Å². The maximum absolute atomic E-state index is 12.1.